The molecule has 0 aromatic rings. The molecule has 1 atom stereocenters. The Hall–Kier alpha value is -0.250. The first kappa shape index (κ1) is 30.8. The Morgan fingerprint density at radius 3 is 1.74 bits per heavy atom. The molecule has 0 heterocycles. The van der Waals surface area contributed by atoms with E-state index in [1.165, 1.54) is 77.0 Å². The van der Waals surface area contributed by atoms with Gasteiger partial charge in [-0.2, -0.15) is 8.42 Å². The topological polar surface area (TPSA) is 91.3 Å². The van der Waals surface area contributed by atoms with Crippen molar-refractivity contribution in [1.29, 1.82) is 0 Å². The maximum absolute atomic E-state index is 10.3. The van der Waals surface area contributed by atoms with Gasteiger partial charge in [-0.15, -0.1) is 0 Å². The number of rotatable bonds is 25. The van der Waals surface area contributed by atoms with Crippen molar-refractivity contribution < 1.29 is 31.4 Å². The predicted octanol–water partition coefficient (Wildman–Crippen LogP) is 5.93. The van der Waals surface area contributed by atoms with Crippen molar-refractivity contribution in [2.45, 2.75) is 104 Å². The smallest absolute Gasteiger partial charge is 0.379 e. The van der Waals surface area contributed by atoms with Gasteiger partial charge < -0.3 is 14.2 Å². The van der Waals surface area contributed by atoms with Crippen molar-refractivity contribution in [2.24, 2.45) is 5.92 Å². The minimum absolute atomic E-state index is 0.300. The summed E-state index contributed by atoms with van der Waals surface area (Å²) >= 11 is 0. The quantitative estimate of drug-likeness (QED) is 0.101. The lowest BCUT2D eigenvalue weighted by Gasteiger charge is -2.17. The van der Waals surface area contributed by atoms with Crippen LogP contribution in [0.5, 0.6) is 0 Å². The van der Waals surface area contributed by atoms with Crippen molar-refractivity contribution >= 4 is 10.4 Å². The van der Waals surface area contributed by atoms with E-state index in [9.17, 15) is 8.42 Å². The Balaban J connectivity index is 3.65. The number of hydrogen-bond acceptors (Lipinski definition) is 6. The third-order valence-corrected chi connectivity index (χ3v) is 5.73. The van der Waals surface area contributed by atoms with Crippen LogP contribution in [0.2, 0.25) is 0 Å². The van der Waals surface area contributed by atoms with E-state index >= 15 is 0 Å². The van der Waals surface area contributed by atoms with E-state index in [1.807, 2.05) is 0 Å². The lowest BCUT2D eigenvalue weighted by Crippen LogP contribution is -2.11. The summed E-state index contributed by atoms with van der Waals surface area (Å²) in [5, 5.41) is 0. The maximum atomic E-state index is 10.3. The molecule has 8 heteroatoms. The monoisotopic (exact) mass is 468 g/mol. The molecule has 0 aliphatic carbocycles. The van der Waals surface area contributed by atoms with Gasteiger partial charge in [-0.1, -0.05) is 90.9 Å². The molecule has 0 aromatic carbocycles. The summed E-state index contributed by atoms with van der Waals surface area (Å²) in [5.41, 5.74) is 0. The molecule has 0 aromatic heterocycles. The van der Waals surface area contributed by atoms with Crippen LogP contribution in [0, 0.1) is 5.92 Å². The SMILES string of the molecule is CCCCCCCCC(CCCCCC)CCOCCOCCCOCOS(=O)(=O)O. The second-order valence-electron chi connectivity index (χ2n) is 8.21. The van der Waals surface area contributed by atoms with Gasteiger partial charge in [0.15, 0.2) is 6.79 Å². The first-order valence-corrected chi connectivity index (χ1v) is 13.7. The van der Waals surface area contributed by atoms with Gasteiger partial charge in [0.25, 0.3) is 0 Å². The second-order valence-corrected chi connectivity index (χ2v) is 9.30. The molecule has 0 aliphatic rings. The summed E-state index contributed by atoms with van der Waals surface area (Å²) in [7, 11) is -4.43. The highest BCUT2D eigenvalue weighted by molar-refractivity contribution is 7.80. The third kappa shape index (κ3) is 25.9. The molecule has 0 spiro atoms. The maximum Gasteiger partial charge on any atom is 0.399 e. The second kappa shape index (κ2) is 22.9. The summed E-state index contributed by atoms with van der Waals surface area (Å²) < 4.78 is 49.2. The van der Waals surface area contributed by atoms with E-state index in [-0.39, 0.29) is 0 Å². The fourth-order valence-electron chi connectivity index (χ4n) is 3.49. The molecule has 0 rings (SSSR count). The summed E-state index contributed by atoms with van der Waals surface area (Å²) in [6.45, 7) is 6.77. The van der Waals surface area contributed by atoms with Gasteiger partial charge in [0.05, 0.1) is 19.8 Å². The van der Waals surface area contributed by atoms with E-state index in [2.05, 4.69) is 18.0 Å². The van der Waals surface area contributed by atoms with Gasteiger partial charge in [0.2, 0.25) is 0 Å². The van der Waals surface area contributed by atoms with Gasteiger partial charge >= 0.3 is 10.4 Å². The van der Waals surface area contributed by atoms with Crippen molar-refractivity contribution in [2.75, 3.05) is 39.8 Å². The first-order valence-electron chi connectivity index (χ1n) is 12.3. The van der Waals surface area contributed by atoms with Crippen LogP contribution in [0.4, 0.5) is 0 Å². The fraction of sp³-hybridized carbons (Fsp3) is 1.00. The van der Waals surface area contributed by atoms with Crippen LogP contribution in [-0.4, -0.2) is 52.8 Å². The zero-order chi connectivity index (χ0) is 23.0. The lowest BCUT2D eigenvalue weighted by atomic mass is 9.92. The highest BCUT2D eigenvalue weighted by Gasteiger charge is 2.09. The average Bonchev–Trinajstić information content (AvgIpc) is 2.73. The molecule has 0 saturated heterocycles. The van der Waals surface area contributed by atoms with Crippen molar-refractivity contribution in [3.05, 3.63) is 0 Å². The Labute approximate surface area is 191 Å². The van der Waals surface area contributed by atoms with E-state index in [0.717, 1.165) is 18.9 Å². The molecule has 7 nitrogen and oxygen atoms in total. The molecule has 0 radical (unpaired) electrons. The van der Waals surface area contributed by atoms with Crippen molar-refractivity contribution in [1.82, 2.24) is 0 Å². The molecule has 0 fully saturated rings. The van der Waals surface area contributed by atoms with E-state index in [0.29, 0.717) is 32.8 Å². The van der Waals surface area contributed by atoms with Gasteiger partial charge in [0, 0.05) is 13.2 Å². The average molecular weight is 469 g/mol. The molecule has 1 N–H and O–H groups in total. The molecule has 31 heavy (non-hydrogen) atoms. The van der Waals surface area contributed by atoms with Crippen LogP contribution < -0.4 is 0 Å². The molecular formula is C23H48O7S. The van der Waals surface area contributed by atoms with Crippen LogP contribution in [0.3, 0.4) is 0 Å². The van der Waals surface area contributed by atoms with E-state index in [1.54, 1.807) is 0 Å². The highest BCUT2D eigenvalue weighted by atomic mass is 32.3. The Bertz CT molecular complexity index is 457. The summed E-state index contributed by atoms with van der Waals surface area (Å²) in [4.78, 5) is 0. The van der Waals surface area contributed by atoms with Crippen LogP contribution in [0.25, 0.3) is 0 Å². The Morgan fingerprint density at radius 1 is 0.613 bits per heavy atom. The minimum atomic E-state index is -4.43. The van der Waals surface area contributed by atoms with Gasteiger partial charge in [-0.25, -0.2) is 4.18 Å². The van der Waals surface area contributed by atoms with Crippen molar-refractivity contribution in [3.63, 3.8) is 0 Å². The lowest BCUT2D eigenvalue weighted by molar-refractivity contribution is -0.00447. The van der Waals surface area contributed by atoms with Crippen LogP contribution >= 0.6 is 0 Å². The Morgan fingerprint density at radius 2 is 1.13 bits per heavy atom. The largest absolute Gasteiger partial charge is 0.399 e. The zero-order valence-electron chi connectivity index (χ0n) is 20.0. The summed E-state index contributed by atoms with van der Waals surface area (Å²) in [6, 6.07) is 0. The first-order chi connectivity index (χ1) is 15.0. The fourth-order valence-corrected chi connectivity index (χ4v) is 3.68. The number of ether oxygens (including phenoxy) is 3. The molecule has 188 valence electrons. The predicted molar refractivity (Wildman–Crippen MR) is 125 cm³/mol. The summed E-state index contributed by atoms with van der Waals surface area (Å²) in [6.07, 6.45) is 17.9. The standard InChI is InChI=1S/C23H48O7S/c1-3-5-7-9-10-12-15-23(14-11-8-6-4-2)16-19-28-21-20-27-17-13-18-29-22-30-31(24,25)26/h23H,3-22H2,1-2H3,(H,24,25,26). The van der Waals surface area contributed by atoms with Gasteiger partial charge in [-0.05, 0) is 18.8 Å². The van der Waals surface area contributed by atoms with E-state index in [4.69, 9.17) is 18.8 Å². The zero-order valence-corrected chi connectivity index (χ0v) is 20.8. The van der Waals surface area contributed by atoms with Crippen molar-refractivity contribution in [3.8, 4) is 0 Å². The summed E-state index contributed by atoms with van der Waals surface area (Å²) in [5.74, 6) is 0.783. The number of unbranched alkanes of at least 4 members (excludes halogenated alkanes) is 8. The van der Waals surface area contributed by atoms with Crippen LogP contribution in [0.15, 0.2) is 0 Å². The normalized spacial score (nSPS) is 13.0. The number of hydrogen-bond donors (Lipinski definition) is 1. The molecule has 0 aliphatic heterocycles. The minimum Gasteiger partial charge on any atom is -0.379 e. The third-order valence-electron chi connectivity index (χ3n) is 5.33. The molecule has 1 unspecified atom stereocenters. The van der Waals surface area contributed by atoms with Crippen LogP contribution in [0.1, 0.15) is 104 Å². The van der Waals surface area contributed by atoms with Gasteiger partial charge in [0.1, 0.15) is 0 Å². The highest BCUT2D eigenvalue weighted by Crippen LogP contribution is 2.22. The molecule has 0 bridgehead atoms. The Kier molecular flexibility index (Phi) is 22.7. The van der Waals surface area contributed by atoms with Gasteiger partial charge in [-0.3, -0.25) is 4.55 Å². The molecular weight excluding hydrogens is 420 g/mol. The molecule has 0 saturated carbocycles. The van der Waals surface area contributed by atoms with E-state index < -0.39 is 17.2 Å². The van der Waals surface area contributed by atoms with Crippen LogP contribution in [-0.2, 0) is 28.8 Å². The molecule has 0 amide bonds.